The fourth-order valence-electron chi connectivity index (χ4n) is 3.13. The lowest BCUT2D eigenvalue weighted by atomic mass is 9.67. The van der Waals surface area contributed by atoms with Crippen LogP contribution in [0.25, 0.3) is 0 Å². The van der Waals surface area contributed by atoms with Crippen molar-refractivity contribution in [1.29, 1.82) is 0 Å². The van der Waals surface area contributed by atoms with Crippen LogP contribution in [-0.4, -0.2) is 24.4 Å². The van der Waals surface area contributed by atoms with Crippen molar-refractivity contribution in [3.8, 4) is 0 Å². The van der Waals surface area contributed by atoms with Crippen LogP contribution in [0.3, 0.4) is 0 Å². The molecule has 0 aliphatic heterocycles. The molecule has 0 radical (unpaired) electrons. The SMILES string of the molecule is CC(C)(C)CCC(C)(C)C1CCC(OCCO)CC1. The van der Waals surface area contributed by atoms with E-state index in [9.17, 15) is 0 Å². The summed E-state index contributed by atoms with van der Waals surface area (Å²) in [5.74, 6) is 0.837. The third-order valence-electron chi connectivity index (χ3n) is 4.74. The van der Waals surface area contributed by atoms with Crippen LogP contribution in [-0.2, 0) is 4.74 Å². The molecular weight excluding hydrogens is 236 g/mol. The molecule has 19 heavy (non-hydrogen) atoms. The molecule has 1 aliphatic carbocycles. The van der Waals surface area contributed by atoms with Gasteiger partial charge in [-0.05, 0) is 55.3 Å². The van der Waals surface area contributed by atoms with Crippen LogP contribution >= 0.6 is 0 Å². The maximum atomic E-state index is 8.80. The molecule has 0 aromatic heterocycles. The van der Waals surface area contributed by atoms with Gasteiger partial charge < -0.3 is 9.84 Å². The topological polar surface area (TPSA) is 29.5 Å². The summed E-state index contributed by atoms with van der Waals surface area (Å²) in [6.07, 6.45) is 7.93. The first kappa shape index (κ1) is 17.0. The van der Waals surface area contributed by atoms with Crippen LogP contribution in [0.2, 0.25) is 0 Å². The number of rotatable bonds is 6. The van der Waals surface area contributed by atoms with Gasteiger partial charge in [-0.2, -0.15) is 0 Å². The minimum Gasteiger partial charge on any atom is -0.394 e. The smallest absolute Gasteiger partial charge is 0.0701 e. The Kier molecular flexibility index (Phi) is 6.32. The summed E-state index contributed by atoms with van der Waals surface area (Å²) in [5, 5.41) is 8.80. The van der Waals surface area contributed by atoms with Gasteiger partial charge in [0.2, 0.25) is 0 Å². The highest BCUT2D eigenvalue weighted by atomic mass is 16.5. The molecule has 0 amide bonds. The second kappa shape index (κ2) is 7.08. The average Bonchev–Trinajstić information content (AvgIpc) is 2.34. The molecule has 2 nitrogen and oxygen atoms in total. The normalized spacial score (nSPS) is 25.6. The summed E-state index contributed by atoms with van der Waals surface area (Å²) in [6, 6.07) is 0. The first-order valence-corrected chi connectivity index (χ1v) is 7.97. The molecule has 0 aromatic rings. The van der Waals surface area contributed by atoms with Crippen molar-refractivity contribution in [1.82, 2.24) is 0 Å². The highest BCUT2D eigenvalue weighted by Gasteiger charge is 2.33. The monoisotopic (exact) mass is 270 g/mol. The van der Waals surface area contributed by atoms with Crippen LogP contribution in [0.4, 0.5) is 0 Å². The second-order valence-corrected chi connectivity index (χ2v) is 8.12. The molecule has 1 fully saturated rings. The number of hydrogen-bond donors (Lipinski definition) is 1. The zero-order valence-corrected chi connectivity index (χ0v) is 13.7. The first-order chi connectivity index (χ1) is 8.74. The molecule has 0 aromatic carbocycles. The van der Waals surface area contributed by atoms with Gasteiger partial charge in [-0.3, -0.25) is 0 Å². The highest BCUT2D eigenvalue weighted by molar-refractivity contribution is 4.84. The first-order valence-electron chi connectivity index (χ1n) is 7.97. The summed E-state index contributed by atoms with van der Waals surface area (Å²) < 4.78 is 5.66. The van der Waals surface area contributed by atoms with E-state index in [1.165, 1.54) is 38.5 Å². The van der Waals surface area contributed by atoms with Gasteiger partial charge in [0.1, 0.15) is 0 Å². The predicted molar refractivity (Wildman–Crippen MR) is 81.3 cm³/mol. The van der Waals surface area contributed by atoms with Crippen molar-refractivity contribution in [3.05, 3.63) is 0 Å². The Morgan fingerprint density at radius 3 is 2.00 bits per heavy atom. The van der Waals surface area contributed by atoms with Gasteiger partial charge in [0, 0.05) is 0 Å². The Labute approximate surface area is 119 Å². The minimum absolute atomic E-state index is 0.150. The van der Waals surface area contributed by atoms with Crippen LogP contribution in [0.5, 0.6) is 0 Å². The number of aliphatic hydroxyl groups excluding tert-OH is 1. The van der Waals surface area contributed by atoms with Crippen LogP contribution < -0.4 is 0 Å². The number of aliphatic hydroxyl groups is 1. The molecule has 0 atom stereocenters. The molecular formula is C17H34O2. The molecule has 1 saturated carbocycles. The molecule has 1 N–H and O–H groups in total. The highest BCUT2D eigenvalue weighted by Crippen LogP contribution is 2.43. The summed E-state index contributed by atoms with van der Waals surface area (Å²) in [7, 11) is 0. The standard InChI is InChI=1S/C17H34O2/c1-16(2,3)10-11-17(4,5)14-6-8-15(9-7-14)19-13-12-18/h14-15,18H,6-13H2,1-5H3. The van der Waals surface area contributed by atoms with Gasteiger partial charge in [-0.25, -0.2) is 0 Å². The Morgan fingerprint density at radius 1 is 0.947 bits per heavy atom. The Balaban J connectivity index is 2.36. The molecule has 0 spiro atoms. The van der Waals surface area contributed by atoms with E-state index in [0.29, 0.717) is 23.5 Å². The summed E-state index contributed by atoms with van der Waals surface area (Å²) in [6.45, 7) is 12.5. The lowest BCUT2D eigenvalue weighted by molar-refractivity contribution is -0.0148. The van der Waals surface area contributed by atoms with Gasteiger partial charge in [-0.15, -0.1) is 0 Å². The minimum atomic E-state index is 0.150. The zero-order valence-electron chi connectivity index (χ0n) is 13.7. The zero-order chi connectivity index (χ0) is 14.5. The maximum Gasteiger partial charge on any atom is 0.0701 e. The Morgan fingerprint density at radius 2 is 1.53 bits per heavy atom. The van der Waals surface area contributed by atoms with E-state index in [0.717, 1.165) is 5.92 Å². The van der Waals surface area contributed by atoms with E-state index in [-0.39, 0.29) is 6.61 Å². The molecule has 1 rings (SSSR count). The van der Waals surface area contributed by atoms with Crippen LogP contribution in [0.15, 0.2) is 0 Å². The van der Waals surface area contributed by atoms with Gasteiger partial charge in [0.15, 0.2) is 0 Å². The largest absolute Gasteiger partial charge is 0.394 e. The molecule has 0 unspecified atom stereocenters. The maximum absolute atomic E-state index is 8.80. The number of ether oxygens (including phenoxy) is 1. The number of hydrogen-bond acceptors (Lipinski definition) is 2. The molecule has 0 saturated heterocycles. The van der Waals surface area contributed by atoms with Gasteiger partial charge in [0.05, 0.1) is 19.3 Å². The predicted octanol–water partition coefficient (Wildman–Crippen LogP) is 4.41. The Bertz CT molecular complexity index is 244. The van der Waals surface area contributed by atoms with Crippen molar-refractivity contribution in [3.63, 3.8) is 0 Å². The lowest BCUT2D eigenvalue weighted by Gasteiger charge is -2.40. The third kappa shape index (κ3) is 6.27. The fourth-order valence-corrected chi connectivity index (χ4v) is 3.13. The molecule has 1 aliphatic rings. The average molecular weight is 270 g/mol. The van der Waals surface area contributed by atoms with Crippen molar-refractivity contribution >= 4 is 0 Å². The fraction of sp³-hybridized carbons (Fsp3) is 1.00. The van der Waals surface area contributed by atoms with Gasteiger partial charge in [0.25, 0.3) is 0 Å². The van der Waals surface area contributed by atoms with Gasteiger partial charge in [-0.1, -0.05) is 34.6 Å². The quantitative estimate of drug-likeness (QED) is 0.775. The lowest BCUT2D eigenvalue weighted by Crippen LogP contribution is -2.32. The molecule has 0 heterocycles. The van der Waals surface area contributed by atoms with E-state index in [4.69, 9.17) is 9.84 Å². The van der Waals surface area contributed by atoms with Crippen molar-refractivity contribution in [2.24, 2.45) is 16.7 Å². The van der Waals surface area contributed by atoms with Crippen molar-refractivity contribution < 1.29 is 9.84 Å². The Hall–Kier alpha value is -0.0800. The van der Waals surface area contributed by atoms with E-state index < -0.39 is 0 Å². The van der Waals surface area contributed by atoms with E-state index in [1.54, 1.807) is 0 Å². The third-order valence-corrected chi connectivity index (χ3v) is 4.74. The van der Waals surface area contributed by atoms with E-state index >= 15 is 0 Å². The summed E-state index contributed by atoms with van der Waals surface area (Å²) in [5.41, 5.74) is 0.897. The summed E-state index contributed by atoms with van der Waals surface area (Å²) in [4.78, 5) is 0. The van der Waals surface area contributed by atoms with Gasteiger partial charge >= 0.3 is 0 Å². The summed E-state index contributed by atoms with van der Waals surface area (Å²) >= 11 is 0. The van der Waals surface area contributed by atoms with E-state index in [2.05, 4.69) is 34.6 Å². The molecule has 0 bridgehead atoms. The molecule has 114 valence electrons. The van der Waals surface area contributed by atoms with Crippen molar-refractivity contribution in [2.75, 3.05) is 13.2 Å². The second-order valence-electron chi connectivity index (χ2n) is 8.12. The molecule has 2 heteroatoms. The van der Waals surface area contributed by atoms with Crippen LogP contribution in [0, 0.1) is 16.7 Å². The van der Waals surface area contributed by atoms with Crippen LogP contribution in [0.1, 0.15) is 73.1 Å². The van der Waals surface area contributed by atoms with Crippen molar-refractivity contribution in [2.45, 2.75) is 79.2 Å². The van der Waals surface area contributed by atoms with E-state index in [1.807, 2.05) is 0 Å².